The Kier molecular flexibility index (Phi) is 5.09. The van der Waals surface area contributed by atoms with Crippen LogP contribution in [0, 0.1) is 5.41 Å². The average molecular weight is 397 g/mol. The Morgan fingerprint density at radius 2 is 1.92 bits per heavy atom. The molecule has 142 valence electrons. The highest BCUT2D eigenvalue weighted by atomic mass is 32.2. The Morgan fingerprint density at radius 3 is 2.50 bits per heavy atom. The number of carbonyl (C=O) groups excluding carboxylic acids is 1. The summed E-state index contributed by atoms with van der Waals surface area (Å²) >= 11 is 1.41. The van der Waals surface area contributed by atoms with Crippen LogP contribution in [-0.2, 0) is 21.2 Å². The third-order valence-electron chi connectivity index (χ3n) is 4.53. The summed E-state index contributed by atoms with van der Waals surface area (Å²) in [5.41, 5.74) is 0.454. The molecule has 1 amide bonds. The Hall–Kier alpha value is -1.54. The second-order valence-electron chi connectivity index (χ2n) is 7.73. The van der Waals surface area contributed by atoms with Crippen LogP contribution in [0.2, 0.25) is 0 Å². The Balaban J connectivity index is 1.89. The van der Waals surface area contributed by atoms with Crippen molar-refractivity contribution < 1.29 is 17.9 Å². The van der Waals surface area contributed by atoms with Gasteiger partial charge in [-0.25, -0.2) is 8.42 Å². The van der Waals surface area contributed by atoms with Crippen LogP contribution in [0.15, 0.2) is 29.3 Å². The smallest absolute Gasteiger partial charge is 0.253 e. The molecule has 2 aliphatic rings. The summed E-state index contributed by atoms with van der Waals surface area (Å²) in [6, 6.07) is 7.50. The summed E-state index contributed by atoms with van der Waals surface area (Å²) < 4.78 is 29.3. The lowest BCUT2D eigenvalue weighted by Crippen LogP contribution is -2.37. The second kappa shape index (κ2) is 6.88. The van der Waals surface area contributed by atoms with Crippen molar-refractivity contribution in [2.75, 3.05) is 18.6 Å². The molecule has 2 atom stereocenters. The molecule has 3 rings (SSSR count). The normalized spacial score (nSPS) is 26.2. The number of hydrogen-bond acceptors (Lipinski definition) is 5. The number of fused-ring (bicyclic) bond motifs is 1. The van der Waals surface area contributed by atoms with E-state index < -0.39 is 15.3 Å². The quantitative estimate of drug-likeness (QED) is 0.781. The molecule has 2 saturated heterocycles. The van der Waals surface area contributed by atoms with Gasteiger partial charge in [-0.2, -0.15) is 4.99 Å². The zero-order chi connectivity index (χ0) is 19.1. The minimum atomic E-state index is -3.04. The average Bonchev–Trinajstić information content (AvgIpc) is 3.00. The fourth-order valence-corrected chi connectivity index (χ4v) is 6.95. The van der Waals surface area contributed by atoms with Gasteiger partial charge in [0, 0.05) is 17.2 Å². The molecule has 0 saturated carbocycles. The lowest BCUT2D eigenvalue weighted by Gasteiger charge is -2.25. The maximum Gasteiger partial charge on any atom is 0.253 e. The molecule has 1 aromatic rings. The van der Waals surface area contributed by atoms with Crippen molar-refractivity contribution in [1.29, 1.82) is 0 Å². The molecule has 0 bridgehead atoms. The van der Waals surface area contributed by atoms with Gasteiger partial charge < -0.3 is 9.64 Å². The number of ether oxygens (including phenoxy) is 1. The first kappa shape index (κ1) is 19.2. The summed E-state index contributed by atoms with van der Waals surface area (Å²) in [6.07, 6.45) is 0. The van der Waals surface area contributed by atoms with Crippen LogP contribution in [0.5, 0.6) is 5.75 Å². The van der Waals surface area contributed by atoms with Gasteiger partial charge in [-0.1, -0.05) is 44.7 Å². The Labute approximate surface area is 158 Å². The predicted octanol–water partition coefficient (Wildman–Crippen LogP) is 2.34. The van der Waals surface area contributed by atoms with Gasteiger partial charge in [-0.15, -0.1) is 0 Å². The molecule has 8 heteroatoms. The van der Waals surface area contributed by atoms with Gasteiger partial charge in [0.25, 0.3) is 5.91 Å². The largest absolute Gasteiger partial charge is 0.497 e. The van der Waals surface area contributed by atoms with Crippen LogP contribution >= 0.6 is 11.8 Å². The van der Waals surface area contributed by atoms with E-state index >= 15 is 0 Å². The van der Waals surface area contributed by atoms with Gasteiger partial charge in [-0.05, 0) is 17.7 Å². The van der Waals surface area contributed by atoms with Gasteiger partial charge in [0.1, 0.15) is 5.75 Å². The van der Waals surface area contributed by atoms with Crippen molar-refractivity contribution in [2.24, 2.45) is 10.4 Å². The van der Waals surface area contributed by atoms with Crippen molar-refractivity contribution in [3.8, 4) is 5.75 Å². The van der Waals surface area contributed by atoms with Crippen LogP contribution in [-0.4, -0.2) is 54.3 Å². The molecule has 0 N–H and O–H groups in total. The molecule has 26 heavy (non-hydrogen) atoms. The number of nitrogens with zero attached hydrogens (tertiary/aromatic N) is 2. The molecule has 6 nitrogen and oxygen atoms in total. The topological polar surface area (TPSA) is 76.0 Å². The molecule has 2 heterocycles. The lowest BCUT2D eigenvalue weighted by molar-refractivity contribution is -0.124. The molecule has 2 aliphatic heterocycles. The Morgan fingerprint density at radius 1 is 1.27 bits per heavy atom. The number of sulfone groups is 1. The van der Waals surface area contributed by atoms with Crippen molar-refractivity contribution in [3.63, 3.8) is 0 Å². The molecule has 0 aliphatic carbocycles. The van der Waals surface area contributed by atoms with Crippen molar-refractivity contribution in [1.82, 2.24) is 4.90 Å². The van der Waals surface area contributed by atoms with E-state index in [2.05, 4.69) is 4.99 Å². The van der Waals surface area contributed by atoms with E-state index in [-0.39, 0.29) is 28.7 Å². The summed E-state index contributed by atoms with van der Waals surface area (Å²) in [5.74, 6) is 0.832. The maximum absolute atomic E-state index is 12.4. The molecule has 2 fully saturated rings. The zero-order valence-corrected chi connectivity index (χ0v) is 17.1. The van der Waals surface area contributed by atoms with E-state index in [0.29, 0.717) is 11.7 Å². The van der Waals surface area contributed by atoms with Crippen LogP contribution in [0.25, 0.3) is 0 Å². The number of thioether (sulfide) groups is 1. The highest BCUT2D eigenvalue weighted by Gasteiger charge is 2.48. The fraction of sp³-hybridized carbons (Fsp3) is 0.556. The van der Waals surface area contributed by atoms with E-state index in [0.717, 1.165) is 11.3 Å². The molecule has 1 aromatic carbocycles. The van der Waals surface area contributed by atoms with Gasteiger partial charge in [0.2, 0.25) is 0 Å². The fourth-order valence-electron chi connectivity index (χ4n) is 3.00. The van der Waals surface area contributed by atoms with Crippen LogP contribution < -0.4 is 4.74 Å². The van der Waals surface area contributed by atoms with E-state index in [1.165, 1.54) is 11.8 Å². The molecule has 0 unspecified atom stereocenters. The Bertz CT molecular complexity index is 826. The number of hydrogen-bond donors (Lipinski definition) is 0. The highest BCUT2D eigenvalue weighted by molar-refractivity contribution is 8.15. The standard InChI is InChI=1S/C18H24N2O4S2/c1-18(2,3)16(21)19-17-20(9-12-5-7-13(24-4)8-6-12)14-10-26(22,23)11-15(14)25-17/h5-8,14-15H,9-11H2,1-4H3/t14-,15-/m1/s1. The van der Waals surface area contributed by atoms with Crippen molar-refractivity contribution in [2.45, 2.75) is 38.6 Å². The van der Waals surface area contributed by atoms with Gasteiger partial charge >= 0.3 is 0 Å². The molecule has 0 radical (unpaired) electrons. The SMILES string of the molecule is COc1ccc(CN2C(=NC(=O)C(C)(C)C)S[C@@H]3CS(=O)(=O)C[C@H]32)cc1. The second-order valence-corrected chi connectivity index (χ2v) is 11.1. The first-order valence-corrected chi connectivity index (χ1v) is 11.2. The number of amides is 1. The number of methoxy groups -OCH3 is 1. The van der Waals surface area contributed by atoms with Crippen molar-refractivity contribution in [3.05, 3.63) is 29.8 Å². The molecular formula is C18H24N2O4S2. The van der Waals surface area contributed by atoms with Crippen LogP contribution in [0.3, 0.4) is 0 Å². The third kappa shape index (κ3) is 4.06. The zero-order valence-electron chi connectivity index (χ0n) is 15.4. The van der Waals surface area contributed by atoms with E-state index in [4.69, 9.17) is 4.74 Å². The molecule has 0 spiro atoms. The lowest BCUT2D eigenvalue weighted by atomic mass is 9.96. The van der Waals surface area contributed by atoms with Gasteiger partial charge in [0.15, 0.2) is 15.0 Å². The van der Waals surface area contributed by atoms with Crippen molar-refractivity contribution >= 4 is 32.7 Å². The number of aliphatic imine (C=N–C) groups is 1. The van der Waals surface area contributed by atoms with E-state index in [9.17, 15) is 13.2 Å². The number of benzene rings is 1. The van der Waals surface area contributed by atoms with Crippen LogP contribution in [0.4, 0.5) is 0 Å². The first-order chi connectivity index (χ1) is 12.1. The van der Waals surface area contributed by atoms with E-state index in [1.54, 1.807) is 7.11 Å². The number of rotatable bonds is 3. The maximum atomic E-state index is 12.4. The highest BCUT2D eigenvalue weighted by Crippen LogP contribution is 2.39. The summed E-state index contributed by atoms with van der Waals surface area (Å²) in [7, 11) is -1.43. The summed E-state index contributed by atoms with van der Waals surface area (Å²) in [5, 5.41) is 0.565. The number of carbonyl (C=O) groups is 1. The first-order valence-electron chi connectivity index (χ1n) is 8.49. The monoisotopic (exact) mass is 396 g/mol. The molecular weight excluding hydrogens is 372 g/mol. The predicted molar refractivity (Wildman–Crippen MR) is 104 cm³/mol. The van der Waals surface area contributed by atoms with E-state index in [1.807, 2.05) is 49.9 Å². The van der Waals surface area contributed by atoms with Crippen LogP contribution in [0.1, 0.15) is 26.3 Å². The minimum absolute atomic E-state index is 0.0650. The third-order valence-corrected chi connectivity index (χ3v) is 7.77. The molecule has 0 aromatic heterocycles. The minimum Gasteiger partial charge on any atom is -0.497 e. The number of amidine groups is 1. The van der Waals surface area contributed by atoms with Gasteiger partial charge in [0.05, 0.1) is 24.7 Å². The summed E-state index contributed by atoms with van der Waals surface area (Å²) in [6.45, 7) is 6.01. The summed E-state index contributed by atoms with van der Waals surface area (Å²) in [4.78, 5) is 18.7. The van der Waals surface area contributed by atoms with Gasteiger partial charge in [-0.3, -0.25) is 4.79 Å².